The van der Waals surface area contributed by atoms with Gasteiger partial charge in [0, 0.05) is 22.8 Å². The van der Waals surface area contributed by atoms with Gasteiger partial charge in [0.15, 0.2) is 0 Å². The third kappa shape index (κ3) is 2.93. The third-order valence-corrected chi connectivity index (χ3v) is 3.21. The van der Waals surface area contributed by atoms with Gasteiger partial charge < -0.3 is 9.84 Å². The van der Waals surface area contributed by atoms with Crippen molar-refractivity contribution in [3.05, 3.63) is 40.0 Å². The zero-order valence-corrected chi connectivity index (χ0v) is 12.3. The number of nitrogens with one attached hydrogen (secondary N) is 2. The van der Waals surface area contributed by atoms with E-state index in [9.17, 15) is 4.79 Å². The van der Waals surface area contributed by atoms with E-state index < -0.39 is 0 Å². The molecule has 2 N–H and O–H groups in total. The van der Waals surface area contributed by atoms with Crippen LogP contribution in [0.1, 0.15) is 28.5 Å². The second-order valence-electron chi connectivity index (χ2n) is 4.40. The fourth-order valence-electron chi connectivity index (χ4n) is 1.75. The van der Waals surface area contributed by atoms with Crippen molar-refractivity contribution in [3.63, 3.8) is 0 Å². The molecule has 0 radical (unpaired) electrons. The lowest BCUT2D eigenvalue weighted by Gasteiger charge is -2.10. The van der Waals surface area contributed by atoms with Crippen LogP contribution < -0.4 is 10.6 Å². The van der Waals surface area contributed by atoms with Gasteiger partial charge in [-0.15, -0.1) is 0 Å². The van der Waals surface area contributed by atoms with E-state index in [0.29, 0.717) is 23.0 Å². The average molecular weight is 294 g/mol. The van der Waals surface area contributed by atoms with Crippen molar-refractivity contribution in [3.8, 4) is 0 Å². The number of rotatable bonds is 4. The standard InChI is InChI=1S/C14H16ClN3O2/c1-4-16-12-6-5-10(15)7-11(12)13(19)17-14-8(2)9(3)18-20-14/h5-7,16H,4H2,1-3H3,(H,17,19). The number of amides is 1. The molecular weight excluding hydrogens is 278 g/mol. The summed E-state index contributed by atoms with van der Waals surface area (Å²) >= 11 is 5.96. The van der Waals surface area contributed by atoms with E-state index in [1.807, 2.05) is 20.8 Å². The lowest BCUT2D eigenvalue weighted by Crippen LogP contribution is -2.15. The second kappa shape index (κ2) is 5.96. The van der Waals surface area contributed by atoms with E-state index in [-0.39, 0.29) is 5.91 Å². The molecule has 0 bridgehead atoms. The Balaban J connectivity index is 2.28. The van der Waals surface area contributed by atoms with Crippen LogP contribution in [0.15, 0.2) is 22.7 Å². The molecule has 106 valence electrons. The first-order valence-electron chi connectivity index (χ1n) is 6.30. The van der Waals surface area contributed by atoms with Crippen LogP contribution in [0.3, 0.4) is 0 Å². The summed E-state index contributed by atoms with van der Waals surface area (Å²) in [7, 11) is 0. The highest BCUT2D eigenvalue weighted by atomic mass is 35.5. The SMILES string of the molecule is CCNc1ccc(Cl)cc1C(=O)Nc1onc(C)c1C. The average Bonchev–Trinajstić information content (AvgIpc) is 2.73. The third-order valence-electron chi connectivity index (χ3n) is 2.98. The van der Waals surface area contributed by atoms with E-state index >= 15 is 0 Å². The van der Waals surface area contributed by atoms with Gasteiger partial charge in [-0.2, -0.15) is 0 Å². The molecule has 2 aromatic rings. The number of carbonyl (C=O) groups excluding carboxylic acids is 1. The zero-order valence-electron chi connectivity index (χ0n) is 11.6. The Morgan fingerprint density at radius 3 is 2.75 bits per heavy atom. The molecule has 0 unspecified atom stereocenters. The summed E-state index contributed by atoms with van der Waals surface area (Å²) in [5.41, 5.74) is 2.75. The monoisotopic (exact) mass is 293 g/mol. The van der Waals surface area contributed by atoms with E-state index in [4.69, 9.17) is 16.1 Å². The van der Waals surface area contributed by atoms with E-state index in [1.165, 1.54) is 0 Å². The molecule has 1 aromatic carbocycles. The van der Waals surface area contributed by atoms with Gasteiger partial charge in [0.2, 0.25) is 5.88 Å². The van der Waals surface area contributed by atoms with Gasteiger partial charge >= 0.3 is 0 Å². The Kier molecular flexibility index (Phi) is 4.29. The van der Waals surface area contributed by atoms with Gasteiger partial charge in [0.05, 0.1) is 11.3 Å². The maximum absolute atomic E-state index is 12.3. The molecule has 0 spiro atoms. The Morgan fingerprint density at radius 1 is 1.40 bits per heavy atom. The topological polar surface area (TPSA) is 67.2 Å². The molecule has 0 fully saturated rings. The summed E-state index contributed by atoms with van der Waals surface area (Å²) in [5.74, 6) is 0.0672. The molecule has 1 heterocycles. The van der Waals surface area contributed by atoms with E-state index in [1.54, 1.807) is 18.2 Å². The normalized spacial score (nSPS) is 10.4. The first kappa shape index (κ1) is 14.4. The summed E-state index contributed by atoms with van der Waals surface area (Å²) in [6.07, 6.45) is 0. The highest BCUT2D eigenvalue weighted by Crippen LogP contribution is 2.23. The van der Waals surface area contributed by atoms with Crippen LogP contribution in [0.2, 0.25) is 5.02 Å². The van der Waals surface area contributed by atoms with Crippen molar-refractivity contribution in [1.82, 2.24) is 5.16 Å². The lowest BCUT2D eigenvalue weighted by molar-refractivity contribution is 0.102. The number of aryl methyl sites for hydroxylation is 1. The van der Waals surface area contributed by atoms with Crippen molar-refractivity contribution in [2.75, 3.05) is 17.2 Å². The van der Waals surface area contributed by atoms with Gasteiger partial charge in [0.1, 0.15) is 0 Å². The number of aromatic nitrogens is 1. The number of benzene rings is 1. The Morgan fingerprint density at radius 2 is 2.15 bits per heavy atom. The molecule has 6 heteroatoms. The molecule has 0 saturated carbocycles. The van der Waals surface area contributed by atoms with Crippen LogP contribution in [0.25, 0.3) is 0 Å². The van der Waals surface area contributed by atoms with E-state index in [0.717, 1.165) is 16.9 Å². The fraction of sp³-hybridized carbons (Fsp3) is 0.286. The van der Waals surface area contributed by atoms with Crippen molar-refractivity contribution in [2.24, 2.45) is 0 Å². The minimum Gasteiger partial charge on any atom is -0.385 e. The van der Waals surface area contributed by atoms with Crippen molar-refractivity contribution >= 4 is 29.1 Å². The summed E-state index contributed by atoms with van der Waals surface area (Å²) in [6, 6.07) is 5.13. The molecule has 1 amide bonds. The number of carbonyl (C=O) groups is 1. The second-order valence-corrected chi connectivity index (χ2v) is 4.83. The molecule has 20 heavy (non-hydrogen) atoms. The maximum Gasteiger partial charge on any atom is 0.260 e. The van der Waals surface area contributed by atoms with Gasteiger partial charge in [0.25, 0.3) is 5.91 Å². The molecule has 0 aliphatic rings. The Hall–Kier alpha value is -2.01. The molecule has 5 nitrogen and oxygen atoms in total. The highest BCUT2D eigenvalue weighted by Gasteiger charge is 2.16. The molecule has 0 aliphatic carbocycles. The lowest BCUT2D eigenvalue weighted by atomic mass is 10.1. The van der Waals surface area contributed by atoms with Gasteiger partial charge in [-0.05, 0) is 39.0 Å². The van der Waals surface area contributed by atoms with Crippen molar-refractivity contribution < 1.29 is 9.32 Å². The smallest absolute Gasteiger partial charge is 0.260 e. The molecule has 0 aliphatic heterocycles. The number of halogens is 1. The number of nitrogens with zero attached hydrogens (tertiary/aromatic N) is 1. The molecule has 1 aromatic heterocycles. The predicted molar refractivity (Wildman–Crippen MR) is 79.5 cm³/mol. The minimum atomic E-state index is -0.289. The summed E-state index contributed by atoms with van der Waals surface area (Å²) < 4.78 is 5.08. The number of hydrogen-bond acceptors (Lipinski definition) is 4. The predicted octanol–water partition coefficient (Wildman–Crippen LogP) is 3.63. The molecule has 2 rings (SSSR count). The van der Waals surface area contributed by atoms with Crippen LogP contribution in [0, 0.1) is 13.8 Å². The molecule has 0 atom stereocenters. The first-order chi connectivity index (χ1) is 9.52. The van der Waals surface area contributed by atoms with E-state index in [2.05, 4.69) is 15.8 Å². The van der Waals surface area contributed by atoms with Crippen LogP contribution >= 0.6 is 11.6 Å². The fourth-order valence-corrected chi connectivity index (χ4v) is 1.92. The quantitative estimate of drug-likeness (QED) is 0.903. The summed E-state index contributed by atoms with van der Waals surface area (Å²) in [4.78, 5) is 12.3. The summed E-state index contributed by atoms with van der Waals surface area (Å²) in [5, 5.41) is 10.1. The largest absolute Gasteiger partial charge is 0.385 e. The van der Waals surface area contributed by atoms with Crippen LogP contribution in [0.5, 0.6) is 0 Å². The molecule has 0 saturated heterocycles. The van der Waals surface area contributed by atoms with Crippen molar-refractivity contribution in [1.29, 1.82) is 0 Å². The van der Waals surface area contributed by atoms with Crippen LogP contribution in [-0.2, 0) is 0 Å². The van der Waals surface area contributed by atoms with Crippen LogP contribution in [0.4, 0.5) is 11.6 Å². The van der Waals surface area contributed by atoms with Gasteiger partial charge in [-0.25, -0.2) is 0 Å². The number of anilines is 2. The summed E-state index contributed by atoms with van der Waals surface area (Å²) in [6.45, 7) is 6.32. The minimum absolute atomic E-state index is 0.289. The molecular formula is C14H16ClN3O2. The first-order valence-corrected chi connectivity index (χ1v) is 6.68. The van der Waals surface area contributed by atoms with Crippen LogP contribution in [-0.4, -0.2) is 17.6 Å². The van der Waals surface area contributed by atoms with Gasteiger partial charge in [-0.3, -0.25) is 10.1 Å². The Labute approximate surface area is 122 Å². The number of hydrogen-bond donors (Lipinski definition) is 2. The van der Waals surface area contributed by atoms with Gasteiger partial charge in [-0.1, -0.05) is 16.8 Å². The highest BCUT2D eigenvalue weighted by molar-refractivity contribution is 6.31. The maximum atomic E-state index is 12.3. The van der Waals surface area contributed by atoms with Crippen molar-refractivity contribution in [2.45, 2.75) is 20.8 Å². The zero-order chi connectivity index (χ0) is 14.7. The Bertz CT molecular complexity index is 637.